The zero-order valence-electron chi connectivity index (χ0n) is 20.2. The Labute approximate surface area is 209 Å². The number of ether oxygens (including phenoxy) is 1. The van der Waals surface area contributed by atoms with Gasteiger partial charge in [0.05, 0.1) is 17.3 Å². The molecule has 3 heterocycles. The second-order valence-electron chi connectivity index (χ2n) is 8.95. The standard InChI is InChI=1S/C24H30FN5O3S2/c1-16(2)33-22-6-5-8-26-20(22)13-30-9-7-18(12-30)29(4)21-11-19(25)23(10-17(21)3)35(31,32)28-24-14-34-15-27-24/h5-6,8,10-11,14-16,18,28H,7,9,12-13H2,1-4H3. The van der Waals surface area contributed by atoms with Gasteiger partial charge in [0.2, 0.25) is 0 Å². The molecule has 188 valence electrons. The number of aryl methyl sites for hydroxylation is 1. The molecule has 11 heteroatoms. The molecule has 8 nitrogen and oxygen atoms in total. The first kappa shape index (κ1) is 25.3. The maximum atomic E-state index is 15.0. The summed E-state index contributed by atoms with van der Waals surface area (Å²) >= 11 is 1.25. The molecule has 1 aliphatic rings. The second kappa shape index (κ2) is 10.5. The molecule has 0 spiro atoms. The first-order valence-corrected chi connectivity index (χ1v) is 13.8. The fourth-order valence-electron chi connectivity index (χ4n) is 4.27. The van der Waals surface area contributed by atoms with Crippen LogP contribution in [0.25, 0.3) is 0 Å². The fourth-order valence-corrected chi connectivity index (χ4v) is 5.97. The predicted molar refractivity (Wildman–Crippen MR) is 136 cm³/mol. The number of aromatic nitrogens is 2. The van der Waals surface area contributed by atoms with Crippen LogP contribution in [0.1, 0.15) is 31.5 Å². The summed E-state index contributed by atoms with van der Waals surface area (Å²) in [7, 11) is -2.16. The Bertz CT molecular complexity index is 1270. The van der Waals surface area contributed by atoms with E-state index in [4.69, 9.17) is 4.74 Å². The highest BCUT2D eigenvalue weighted by Gasteiger charge is 2.29. The molecule has 1 unspecified atom stereocenters. The third-order valence-corrected chi connectivity index (χ3v) is 7.93. The number of likely N-dealkylation sites (N-methyl/N-ethyl adjacent to an activating group) is 1. The third kappa shape index (κ3) is 5.91. The molecule has 0 amide bonds. The van der Waals surface area contributed by atoms with Crippen molar-refractivity contribution < 1.29 is 17.5 Å². The van der Waals surface area contributed by atoms with Crippen molar-refractivity contribution >= 4 is 32.9 Å². The second-order valence-corrected chi connectivity index (χ2v) is 11.3. The van der Waals surface area contributed by atoms with E-state index in [-0.39, 0.29) is 22.9 Å². The van der Waals surface area contributed by atoms with Gasteiger partial charge in [0.1, 0.15) is 16.5 Å². The van der Waals surface area contributed by atoms with Crippen LogP contribution in [0.5, 0.6) is 5.75 Å². The topological polar surface area (TPSA) is 87.7 Å². The zero-order chi connectivity index (χ0) is 25.2. The lowest BCUT2D eigenvalue weighted by Gasteiger charge is -2.29. The number of nitrogens with zero attached hydrogens (tertiary/aromatic N) is 4. The van der Waals surface area contributed by atoms with Crippen LogP contribution in [-0.2, 0) is 16.6 Å². The highest BCUT2D eigenvalue weighted by molar-refractivity contribution is 7.92. The molecule has 0 aliphatic carbocycles. The van der Waals surface area contributed by atoms with Crippen LogP contribution >= 0.6 is 11.3 Å². The van der Waals surface area contributed by atoms with E-state index in [0.29, 0.717) is 17.8 Å². The SMILES string of the molecule is Cc1cc(S(=O)(=O)Nc2cscn2)c(F)cc1N(C)C1CCN(Cc2ncccc2OC(C)C)C1. The summed E-state index contributed by atoms with van der Waals surface area (Å²) in [6, 6.07) is 6.65. The number of hydrogen-bond acceptors (Lipinski definition) is 8. The maximum Gasteiger partial charge on any atom is 0.266 e. The summed E-state index contributed by atoms with van der Waals surface area (Å²) in [5.74, 6) is 0.174. The zero-order valence-corrected chi connectivity index (χ0v) is 21.9. The van der Waals surface area contributed by atoms with Crippen LogP contribution in [0, 0.1) is 12.7 Å². The van der Waals surface area contributed by atoms with Gasteiger partial charge in [-0.25, -0.2) is 17.8 Å². The number of halogens is 1. The smallest absolute Gasteiger partial charge is 0.266 e. The Morgan fingerprint density at radius 3 is 2.86 bits per heavy atom. The Kier molecular flexibility index (Phi) is 7.58. The van der Waals surface area contributed by atoms with E-state index in [9.17, 15) is 8.42 Å². The number of sulfonamides is 1. The summed E-state index contributed by atoms with van der Waals surface area (Å²) in [6.45, 7) is 8.09. The molecule has 3 aromatic rings. The van der Waals surface area contributed by atoms with Gasteiger partial charge in [0.25, 0.3) is 10.0 Å². The fraction of sp³-hybridized carbons (Fsp3) is 0.417. The Balaban J connectivity index is 1.47. The van der Waals surface area contributed by atoms with Gasteiger partial charge < -0.3 is 9.64 Å². The summed E-state index contributed by atoms with van der Waals surface area (Å²) < 4.78 is 48.6. The molecule has 0 saturated carbocycles. The highest BCUT2D eigenvalue weighted by Crippen LogP contribution is 2.31. The Morgan fingerprint density at radius 2 is 2.14 bits per heavy atom. The summed E-state index contributed by atoms with van der Waals surface area (Å²) in [6.07, 6.45) is 2.74. The minimum Gasteiger partial charge on any atom is -0.489 e. The monoisotopic (exact) mass is 519 g/mol. The van der Waals surface area contributed by atoms with Crippen LogP contribution in [0.15, 0.2) is 46.2 Å². The molecule has 1 saturated heterocycles. The number of hydrogen-bond donors (Lipinski definition) is 1. The van der Waals surface area contributed by atoms with Gasteiger partial charge in [-0.15, -0.1) is 11.3 Å². The lowest BCUT2D eigenvalue weighted by Crippen LogP contribution is -2.35. The molecular weight excluding hydrogens is 489 g/mol. The molecule has 1 aromatic carbocycles. The van der Waals surface area contributed by atoms with Gasteiger partial charge in [-0.05, 0) is 57.0 Å². The average Bonchev–Trinajstić information content (AvgIpc) is 3.47. The average molecular weight is 520 g/mol. The van der Waals surface area contributed by atoms with Gasteiger partial charge >= 0.3 is 0 Å². The van der Waals surface area contributed by atoms with Crippen LogP contribution in [0.3, 0.4) is 0 Å². The lowest BCUT2D eigenvalue weighted by atomic mass is 10.1. The number of thiazole rings is 1. The van der Waals surface area contributed by atoms with Crippen molar-refractivity contribution in [2.45, 2.75) is 50.8 Å². The number of nitrogens with one attached hydrogen (secondary N) is 1. The molecule has 0 bridgehead atoms. The van der Waals surface area contributed by atoms with Gasteiger partial charge in [0, 0.05) is 50.0 Å². The van der Waals surface area contributed by atoms with Crippen LogP contribution < -0.4 is 14.4 Å². The summed E-state index contributed by atoms with van der Waals surface area (Å²) in [4.78, 5) is 12.4. The van der Waals surface area contributed by atoms with E-state index in [1.54, 1.807) is 18.5 Å². The molecule has 35 heavy (non-hydrogen) atoms. The van der Waals surface area contributed by atoms with Crippen molar-refractivity contribution in [1.82, 2.24) is 14.9 Å². The molecule has 4 rings (SSSR count). The van der Waals surface area contributed by atoms with Gasteiger partial charge in [-0.2, -0.15) is 0 Å². The van der Waals surface area contributed by atoms with Crippen molar-refractivity contribution in [2.75, 3.05) is 29.8 Å². The van der Waals surface area contributed by atoms with Crippen molar-refractivity contribution in [3.63, 3.8) is 0 Å². The first-order chi connectivity index (χ1) is 16.6. The molecular formula is C24H30FN5O3S2. The van der Waals surface area contributed by atoms with Crippen molar-refractivity contribution in [1.29, 1.82) is 0 Å². The van der Waals surface area contributed by atoms with Crippen molar-refractivity contribution in [2.24, 2.45) is 0 Å². The number of benzene rings is 1. The van der Waals surface area contributed by atoms with E-state index in [1.807, 2.05) is 37.9 Å². The van der Waals surface area contributed by atoms with E-state index in [2.05, 4.69) is 19.6 Å². The van der Waals surface area contributed by atoms with Gasteiger partial charge in [-0.3, -0.25) is 14.6 Å². The molecule has 1 aliphatic heterocycles. The maximum absolute atomic E-state index is 15.0. The lowest BCUT2D eigenvalue weighted by molar-refractivity contribution is 0.231. The van der Waals surface area contributed by atoms with Crippen molar-refractivity contribution in [3.05, 3.63) is 58.4 Å². The number of pyridine rings is 1. The first-order valence-electron chi connectivity index (χ1n) is 11.4. The quantitative estimate of drug-likeness (QED) is 0.451. The van der Waals surface area contributed by atoms with Gasteiger partial charge in [0.15, 0.2) is 5.82 Å². The van der Waals surface area contributed by atoms with Gasteiger partial charge in [-0.1, -0.05) is 0 Å². The molecule has 0 radical (unpaired) electrons. The third-order valence-electron chi connectivity index (χ3n) is 5.97. The highest BCUT2D eigenvalue weighted by atomic mass is 32.2. The Hall–Kier alpha value is -2.76. The number of likely N-dealkylation sites (tertiary alicyclic amines) is 1. The van der Waals surface area contributed by atoms with Crippen LogP contribution in [-0.4, -0.2) is 55.6 Å². The summed E-state index contributed by atoms with van der Waals surface area (Å²) in [5, 5.41) is 1.55. The molecule has 1 fully saturated rings. The van der Waals surface area contributed by atoms with Crippen LogP contribution in [0.4, 0.5) is 15.9 Å². The minimum atomic E-state index is -4.08. The van der Waals surface area contributed by atoms with E-state index in [1.165, 1.54) is 29.0 Å². The van der Waals surface area contributed by atoms with E-state index >= 15 is 4.39 Å². The van der Waals surface area contributed by atoms with Crippen LogP contribution in [0.2, 0.25) is 0 Å². The number of anilines is 2. The normalized spacial score (nSPS) is 16.6. The molecule has 2 aromatic heterocycles. The Morgan fingerprint density at radius 1 is 1.34 bits per heavy atom. The molecule has 1 N–H and O–H groups in total. The van der Waals surface area contributed by atoms with E-state index < -0.39 is 15.8 Å². The van der Waals surface area contributed by atoms with E-state index in [0.717, 1.165) is 31.0 Å². The predicted octanol–water partition coefficient (Wildman–Crippen LogP) is 4.28. The number of rotatable bonds is 9. The summed E-state index contributed by atoms with van der Waals surface area (Å²) in [5.41, 5.74) is 3.76. The largest absolute Gasteiger partial charge is 0.489 e. The van der Waals surface area contributed by atoms with Crippen molar-refractivity contribution in [3.8, 4) is 5.75 Å². The minimum absolute atomic E-state index is 0.0665. The molecule has 1 atom stereocenters.